The van der Waals surface area contributed by atoms with Crippen LogP contribution in [0.15, 0.2) is 12.1 Å². The van der Waals surface area contributed by atoms with Crippen LogP contribution in [0.5, 0.6) is 0 Å². The Morgan fingerprint density at radius 3 is 2.65 bits per heavy atom. The minimum atomic E-state index is -0.0673. The third-order valence-corrected chi connectivity index (χ3v) is 3.16. The zero-order valence-electron chi connectivity index (χ0n) is 12.7. The van der Waals surface area contributed by atoms with E-state index >= 15 is 0 Å². The van der Waals surface area contributed by atoms with Gasteiger partial charge in [0.1, 0.15) is 5.82 Å². The first kappa shape index (κ1) is 16.4. The Kier molecular flexibility index (Phi) is 7.01. The number of anilines is 1. The Bertz CT molecular complexity index is 432. The summed E-state index contributed by atoms with van der Waals surface area (Å²) in [4.78, 5) is 16.5. The SMILES string of the molecule is CCCCCCNC(=O)c1cc(NN)nc(C(C)C)c1. The van der Waals surface area contributed by atoms with Crippen LogP contribution in [-0.4, -0.2) is 17.4 Å². The molecular weight excluding hydrogens is 252 g/mol. The Morgan fingerprint density at radius 1 is 1.30 bits per heavy atom. The third kappa shape index (κ3) is 5.17. The second kappa shape index (κ2) is 8.53. The molecule has 112 valence electrons. The van der Waals surface area contributed by atoms with Gasteiger partial charge in [0.25, 0.3) is 5.91 Å². The van der Waals surface area contributed by atoms with Gasteiger partial charge in [0.2, 0.25) is 0 Å². The van der Waals surface area contributed by atoms with Crippen LogP contribution in [0.1, 0.15) is 68.4 Å². The van der Waals surface area contributed by atoms with Crippen LogP contribution >= 0.6 is 0 Å². The summed E-state index contributed by atoms with van der Waals surface area (Å²) in [7, 11) is 0. The van der Waals surface area contributed by atoms with Gasteiger partial charge in [-0.05, 0) is 24.5 Å². The van der Waals surface area contributed by atoms with Gasteiger partial charge < -0.3 is 10.7 Å². The number of nitrogens with two attached hydrogens (primary N) is 1. The Hall–Kier alpha value is -1.62. The van der Waals surface area contributed by atoms with Crippen LogP contribution in [0.2, 0.25) is 0 Å². The van der Waals surface area contributed by atoms with Crippen molar-refractivity contribution in [2.24, 2.45) is 5.84 Å². The summed E-state index contributed by atoms with van der Waals surface area (Å²) in [6.45, 7) is 6.96. The molecule has 0 radical (unpaired) electrons. The topological polar surface area (TPSA) is 80.0 Å². The molecule has 1 rings (SSSR count). The highest BCUT2D eigenvalue weighted by Gasteiger charge is 2.11. The third-order valence-electron chi connectivity index (χ3n) is 3.16. The van der Waals surface area contributed by atoms with Crippen molar-refractivity contribution in [1.29, 1.82) is 0 Å². The van der Waals surface area contributed by atoms with Crippen molar-refractivity contribution in [1.82, 2.24) is 10.3 Å². The predicted molar refractivity (Wildman–Crippen MR) is 82.6 cm³/mol. The van der Waals surface area contributed by atoms with Crippen LogP contribution < -0.4 is 16.6 Å². The van der Waals surface area contributed by atoms with E-state index in [1.165, 1.54) is 12.8 Å². The van der Waals surface area contributed by atoms with Gasteiger partial charge in [0, 0.05) is 17.8 Å². The first-order chi connectivity index (χ1) is 9.58. The molecule has 0 aromatic carbocycles. The van der Waals surface area contributed by atoms with Crippen molar-refractivity contribution < 1.29 is 4.79 Å². The number of unbranched alkanes of at least 4 members (excludes halogenated alkanes) is 3. The largest absolute Gasteiger partial charge is 0.352 e. The van der Waals surface area contributed by atoms with E-state index in [-0.39, 0.29) is 11.8 Å². The fourth-order valence-electron chi connectivity index (χ4n) is 1.91. The van der Waals surface area contributed by atoms with Crippen LogP contribution in [-0.2, 0) is 0 Å². The van der Waals surface area contributed by atoms with Gasteiger partial charge in [-0.15, -0.1) is 0 Å². The van der Waals surface area contributed by atoms with Gasteiger partial charge >= 0.3 is 0 Å². The summed E-state index contributed by atoms with van der Waals surface area (Å²) in [6, 6.07) is 3.50. The monoisotopic (exact) mass is 278 g/mol. The van der Waals surface area contributed by atoms with E-state index in [9.17, 15) is 4.79 Å². The molecule has 0 aliphatic heterocycles. The molecule has 0 unspecified atom stereocenters. The van der Waals surface area contributed by atoms with E-state index in [0.717, 1.165) is 18.5 Å². The lowest BCUT2D eigenvalue weighted by Gasteiger charge is -2.11. The molecule has 4 N–H and O–H groups in total. The molecule has 0 fully saturated rings. The average Bonchev–Trinajstić information content (AvgIpc) is 2.46. The molecule has 0 spiro atoms. The number of amides is 1. The maximum Gasteiger partial charge on any atom is 0.251 e. The normalized spacial score (nSPS) is 10.7. The van der Waals surface area contributed by atoms with E-state index in [1.807, 2.05) is 19.9 Å². The van der Waals surface area contributed by atoms with Gasteiger partial charge in [-0.3, -0.25) is 4.79 Å². The molecule has 1 aromatic rings. The number of nitrogen functional groups attached to an aromatic ring is 1. The first-order valence-electron chi connectivity index (χ1n) is 7.35. The van der Waals surface area contributed by atoms with Crippen LogP contribution in [0, 0.1) is 0 Å². The fraction of sp³-hybridized carbons (Fsp3) is 0.600. The molecule has 1 heterocycles. The Morgan fingerprint density at radius 2 is 2.05 bits per heavy atom. The van der Waals surface area contributed by atoms with Crippen LogP contribution in [0.4, 0.5) is 5.82 Å². The average molecular weight is 278 g/mol. The number of nitrogens with one attached hydrogen (secondary N) is 2. The van der Waals surface area contributed by atoms with Gasteiger partial charge in [0.15, 0.2) is 0 Å². The van der Waals surface area contributed by atoms with Gasteiger partial charge in [-0.2, -0.15) is 0 Å². The smallest absolute Gasteiger partial charge is 0.251 e. The molecule has 0 aliphatic carbocycles. The molecule has 0 bridgehead atoms. The Labute approximate surface area is 121 Å². The molecule has 0 atom stereocenters. The van der Waals surface area contributed by atoms with Gasteiger partial charge in [0.05, 0.1) is 0 Å². The van der Waals surface area contributed by atoms with E-state index < -0.39 is 0 Å². The quantitative estimate of drug-likeness (QED) is 0.388. The summed E-state index contributed by atoms with van der Waals surface area (Å²) in [5, 5.41) is 2.94. The lowest BCUT2D eigenvalue weighted by atomic mass is 10.1. The zero-order valence-corrected chi connectivity index (χ0v) is 12.7. The molecule has 0 saturated carbocycles. The number of aromatic nitrogens is 1. The second-order valence-corrected chi connectivity index (χ2v) is 5.28. The van der Waals surface area contributed by atoms with Crippen molar-refractivity contribution >= 4 is 11.7 Å². The zero-order chi connectivity index (χ0) is 15.0. The lowest BCUT2D eigenvalue weighted by molar-refractivity contribution is 0.0952. The summed E-state index contributed by atoms with van der Waals surface area (Å²) < 4.78 is 0. The number of carbonyl (C=O) groups is 1. The summed E-state index contributed by atoms with van der Waals surface area (Å²) in [5.41, 5.74) is 3.97. The highest BCUT2D eigenvalue weighted by molar-refractivity contribution is 5.95. The van der Waals surface area contributed by atoms with E-state index in [1.54, 1.807) is 6.07 Å². The number of hydrogen-bond donors (Lipinski definition) is 3. The van der Waals surface area contributed by atoms with Crippen molar-refractivity contribution in [2.75, 3.05) is 12.0 Å². The Balaban J connectivity index is 2.64. The van der Waals surface area contributed by atoms with Crippen molar-refractivity contribution in [3.05, 3.63) is 23.4 Å². The highest BCUT2D eigenvalue weighted by atomic mass is 16.1. The lowest BCUT2D eigenvalue weighted by Crippen LogP contribution is -2.25. The summed E-state index contributed by atoms with van der Waals surface area (Å²) in [6.07, 6.45) is 4.58. The summed E-state index contributed by atoms with van der Waals surface area (Å²) in [5.74, 6) is 6.10. The molecule has 1 aromatic heterocycles. The van der Waals surface area contributed by atoms with E-state index in [2.05, 4.69) is 22.7 Å². The molecule has 5 nitrogen and oxygen atoms in total. The molecule has 0 saturated heterocycles. The standard InChI is InChI=1S/C15H26N4O/c1-4-5-6-7-8-17-15(20)12-9-13(11(2)3)18-14(10-12)19-16/h9-11H,4-8,16H2,1-3H3,(H,17,20)(H,18,19). The number of pyridine rings is 1. The van der Waals surface area contributed by atoms with E-state index in [4.69, 9.17) is 5.84 Å². The maximum absolute atomic E-state index is 12.1. The number of hydrogen-bond acceptors (Lipinski definition) is 4. The fourth-order valence-corrected chi connectivity index (χ4v) is 1.91. The van der Waals surface area contributed by atoms with Crippen LogP contribution in [0.3, 0.4) is 0 Å². The number of rotatable bonds is 8. The second-order valence-electron chi connectivity index (χ2n) is 5.28. The number of carbonyl (C=O) groups excluding carboxylic acids is 1. The molecule has 20 heavy (non-hydrogen) atoms. The minimum Gasteiger partial charge on any atom is -0.352 e. The highest BCUT2D eigenvalue weighted by Crippen LogP contribution is 2.17. The van der Waals surface area contributed by atoms with Gasteiger partial charge in [-0.25, -0.2) is 10.8 Å². The van der Waals surface area contributed by atoms with Crippen molar-refractivity contribution in [2.45, 2.75) is 52.4 Å². The van der Waals surface area contributed by atoms with Crippen molar-refractivity contribution in [3.63, 3.8) is 0 Å². The van der Waals surface area contributed by atoms with Crippen molar-refractivity contribution in [3.8, 4) is 0 Å². The van der Waals surface area contributed by atoms with Gasteiger partial charge in [-0.1, -0.05) is 40.0 Å². The van der Waals surface area contributed by atoms with Crippen LogP contribution in [0.25, 0.3) is 0 Å². The first-order valence-corrected chi connectivity index (χ1v) is 7.35. The molecule has 1 amide bonds. The summed E-state index contributed by atoms with van der Waals surface area (Å²) >= 11 is 0. The number of hydrazine groups is 1. The maximum atomic E-state index is 12.1. The molecule has 5 heteroatoms. The predicted octanol–water partition coefficient (Wildman–Crippen LogP) is 2.80. The minimum absolute atomic E-state index is 0.0673. The molecule has 0 aliphatic rings. The van der Waals surface area contributed by atoms with E-state index in [0.29, 0.717) is 17.9 Å². The number of nitrogens with zero attached hydrogens (tertiary/aromatic N) is 1. The molecular formula is C15H26N4O.